The minimum absolute atomic E-state index is 1.23. The van der Waals surface area contributed by atoms with Gasteiger partial charge in [-0.15, -0.1) is 0 Å². The van der Waals surface area contributed by atoms with Crippen LogP contribution < -0.4 is 0 Å². The monoisotopic (exact) mass is 1010 g/mol. The molecule has 0 bridgehead atoms. The molecule has 0 spiro atoms. The molecular formula is C80H52. The lowest BCUT2D eigenvalue weighted by molar-refractivity contribution is 1.47. The summed E-state index contributed by atoms with van der Waals surface area (Å²) >= 11 is 0. The van der Waals surface area contributed by atoms with Crippen molar-refractivity contribution in [1.29, 1.82) is 0 Å². The smallest absolute Gasteiger partial charge is 0.0000928 e. The molecule has 0 aliphatic heterocycles. The fraction of sp³-hybridized carbons (Fsp3) is 0.0750. The second-order valence-electron chi connectivity index (χ2n) is 23.7. The van der Waals surface area contributed by atoms with Gasteiger partial charge in [0.05, 0.1) is 0 Å². The van der Waals surface area contributed by atoms with Crippen molar-refractivity contribution >= 4 is 140 Å². The van der Waals surface area contributed by atoms with Crippen LogP contribution in [0.3, 0.4) is 0 Å². The molecule has 0 unspecified atom stereocenters. The van der Waals surface area contributed by atoms with Gasteiger partial charge >= 0.3 is 0 Å². The first kappa shape index (κ1) is 44.4. The minimum Gasteiger partial charge on any atom is -0.0610 e. The fourth-order valence-electron chi connectivity index (χ4n) is 15.7. The van der Waals surface area contributed by atoms with Crippen molar-refractivity contribution in [3.05, 3.63) is 240 Å². The van der Waals surface area contributed by atoms with E-state index in [1.54, 1.807) is 0 Å². The normalized spacial score (nSPS) is 12.6. The topological polar surface area (TPSA) is 0 Å². The van der Waals surface area contributed by atoms with Crippen LogP contribution in [0.5, 0.6) is 0 Å². The molecule has 80 heavy (non-hydrogen) atoms. The van der Waals surface area contributed by atoms with Crippen LogP contribution in [0, 0.1) is 41.5 Å². The van der Waals surface area contributed by atoms with Gasteiger partial charge in [0.1, 0.15) is 0 Å². The molecular weight excluding hydrogens is 961 g/mol. The lowest BCUT2D eigenvalue weighted by atomic mass is 9.78. The van der Waals surface area contributed by atoms with E-state index in [2.05, 4.69) is 248 Å². The molecule has 0 atom stereocenters. The van der Waals surface area contributed by atoms with Crippen LogP contribution in [0.1, 0.15) is 33.4 Å². The third-order valence-electron chi connectivity index (χ3n) is 19.1. The third kappa shape index (κ3) is 5.56. The Morgan fingerprint density at radius 3 is 0.713 bits per heavy atom. The second-order valence-corrected chi connectivity index (χ2v) is 23.7. The fourth-order valence-corrected chi connectivity index (χ4v) is 15.7. The molecule has 0 N–H and O–H groups in total. The van der Waals surface area contributed by atoms with Crippen LogP contribution in [0.25, 0.3) is 185 Å². The van der Waals surface area contributed by atoms with E-state index >= 15 is 0 Å². The van der Waals surface area contributed by atoms with E-state index in [9.17, 15) is 0 Å². The highest BCUT2D eigenvalue weighted by Crippen LogP contribution is 2.61. The molecule has 372 valence electrons. The predicted molar refractivity (Wildman–Crippen MR) is 349 cm³/mol. The van der Waals surface area contributed by atoms with Gasteiger partial charge in [-0.3, -0.25) is 0 Å². The van der Waals surface area contributed by atoms with Crippen molar-refractivity contribution in [2.75, 3.05) is 0 Å². The Morgan fingerprint density at radius 2 is 0.412 bits per heavy atom. The van der Waals surface area contributed by atoms with Gasteiger partial charge in [0.25, 0.3) is 0 Å². The van der Waals surface area contributed by atoms with E-state index in [0.29, 0.717) is 0 Å². The molecule has 0 aliphatic carbocycles. The van der Waals surface area contributed by atoms with Gasteiger partial charge < -0.3 is 0 Å². The summed E-state index contributed by atoms with van der Waals surface area (Å²) in [6, 6.07) is 80.9. The third-order valence-corrected chi connectivity index (χ3v) is 19.1. The van der Waals surface area contributed by atoms with Gasteiger partial charge in [0.2, 0.25) is 0 Å². The zero-order valence-corrected chi connectivity index (χ0v) is 45.6. The Labute approximate surface area is 463 Å². The van der Waals surface area contributed by atoms with Crippen molar-refractivity contribution in [2.24, 2.45) is 0 Å². The van der Waals surface area contributed by atoms with E-state index < -0.39 is 0 Å². The van der Waals surface area contributed by atoms with Crippen molar-refractivity contribution in [3.8, 4) is 44.5 Å². The maximum atomic E-state index is 2.50. The molecule has 0 saturated heterocycles. The maximum Gasteiger partial charge on any atom is -0.0000928 e. The Balaban J connectivity index is 1.19. The number of hydrogen-bond acceptors (Lipinski definition) is 0. The molecule has 0 radical (unpaired) electrons. The van der Waals surface area contributed by atoms with Gasteiger partial charge in [0, 0.05) is 0 Å². The molecule has 0 aliphatic rings. The summed E-state index contributed by atoms with van der Waals surface area (Å²) in [5.74, 6) is 0. The number of hydrogen-bond donors (Lipinski definition) is 0. The van der Waals surface area contributed by atoms with Crippen molar-refractivity contribution in [1.82, 2.24) is 0 Å². The summed E-state index contributed by atoms with van der Waals surface area (Å²) in [7, 11) is 0. The van der Waals surface area contributed by atoms with Crippen molar-refractivity contribution < 1.29 is 0 Å². The van der Waals surface area contributed by atoms with Crippen LogP contribution in [0.4, 0.5) is 0 Å². The molecule has 0 fully saturated rings. The average Bonchev–Trinajstić information content (AvgIpc) is 4.21. The Hall–Kier alpha value is -9.62. The number of aryl methyl sites for hydroxylation is 6. The molecule has 18 rings (SSSR count). The molecule has 0 saturated carbocycles. The predicted octanol–water partition coefficient (Wildman–Crippen LogP) is 22.9. The highest BCUT2D eigenvalue weighted by Gasteiger charge is 2.33. The number of rotatable bonds is 4. The number of fused-ring (bicyclic) bond motifs is 11. The quantitative estimate of drug-likeness (QED) is 0.122. The maximum absolute atomic E-state index is 2.50. The van der Waals surface area contributed by atoms with E-state index in [1.165, 1.54) is 218 Å². The largest absolute Gasteiger partial charge is 0.0610 e. The molecule has 0 heteroatoms. The van der Waals surface area contributed by atoms with E-state index in [-0.39, 0.29) is 0 Å². The molecule has 0 heterocycles. The van der Waals surface area contributed by atoms with E-state index in [4.69, 9.17) is 0 Å². The van der Waals surface area contributed by atoms with Gasteiger partial charge in [-0.2, -0.15) is 0 Å². The SMILES string of the molecule is Cc1ccc(-c2c3c(-c4ccc(C)cc4)c4c5ccc6c7c(C)ccc8cccc(c9ccc(c4c(-c4ccc(C)cc4)c3c(-c3ccc(C)cc3)c3c4ccc%10c%11c(C)ccc%12cccc(c%13ccc(c23)c4c%13%10)c%12%11)c5c96)c87)cc1. The summed E-state index contributed by atoms with van der Waals surface area (Å²) in [5, 5.41) is 34.5. The van der Waals surface area contributed by atoms with Crippen LogP contribution in [-0.4, -0.2) is 0 Å². The molecule has 18 aromatic rings. The van der Waals surface area contributed by atoms with Crippen LogP contribution in [-0.2, 0) is 0 Å². The molecule has 0 aromatic heterocycles. The zero-order chi connectivity index (χ0) is 53.1. The first-order chi connectivity index (χ1) is 39.2. The second kappa shape index (κ2) is 15.6. The standard InChI is InChI=1S/C80H52/c1-41-13-23-49(24-14-41)67-75-59-35-33-55-53-11-7-9-47-31-21-45(5)63(65(47)53)57-37-39-61(73(59)71(55)57)77(75)70(52-29-19-44(4)20-30-52)80-68(50-25-15-42(2)16-26-50)76-60-36-34-56-54-12-8-10-48-32-22-46(6)64(66(48)54)58-38-40-62(74(60)72(56)58)78(76)69(79(67)80)51-27-17-43(3)18-28-51/h7-40H,1-6H3. The Kier molecular flexibility index (Phi) is 8.63. The minimum atomic E-state index is 1.23. The summed E-state index contributed by atoms with van der Waals surface area (Å²) in [6.45, 7) is 13.5. The summed E-state index contributed by atoms with van der Waals surface area (Å²) in [4.78, 5) is 0. The molecule has 18 aromatic carbocycles. The summed E-state index contributed by atoms with van der Waals surface area (Å²) in [6.07, 6.45) is 0. The zero-order valence-electron chi connectivity index (χ0n) is 45.6. The molecule has 0 amide bonds. The van der Waals surface area contributed by atoms with Gasteiger partial charge in [0.15, 0.2) is 0 Å². The summed E-state index contributed by atoms with van der Waals surface area (Å²) in [5.41, 5.74) is 17.7. The summed E-state index contributed by atoms with van der Waals surface area (Å²) < 4.78 is 0. The highest BCUT2D eigenvalue weighted by atomic mass is 14.4. The van der Waals surface area contributed by atoms with E-state index in [0.717, 1.165) is 0 Å². The first-order valence-corrected chi connectivity index (χ1v) is 28.5. The van der Waals surface area contributed by atoms with Gasteiger partial charge in [-0.25, -0.2) is 0 Å². The van der Waals surface area contributed by atoms with Gasteiger partial charge in [-0.1, -0.05) is 229 Å². The lowest BCUT2D eigenvalue weighted by Crippen LogP contribution is -1.97. The molecule has 0 nitrogen and oxygen atoms in total. The lowest BCUT2D eigenvalue weighted by Gasteiger charge is -2.24. The van der Waals surface area contributed by atoms with Crippen LogP contribution in [0.2, 0.25) is 0 Å². The van der Waals surface area contributed by atoms with Crippen LogP contribution in [0.15, 0.2) is 206 Å². The number of benzene rings is 16. The van der Waals surface area contributed by atoms with Crippen molar-refractivity contribution in [3.63, 3.8) is 0 Å². The van der Waals surface area contributed by atoms with E-state index in [1.807, 2.05) is 0 Å². The van der Waals surface area contributed by atoms with Gasteiger partial charge in [-0.05, 0) is 237 Å². The first-order valence-electron chi connectivity index (χ1n) is 28.5. The van der Waals surface area contributed by atoms with Crippen molar-refractivity contribution in [2.45, 2.75) is 41.5 Å². The average molecular weight is 1010 g/mol. The Bertz CT molecular complexity index is 5170. The Morgan fingerprint density at radius 1 is 0.163 bits per heavy atom. The van der Waals surface area contributed by atoms with Crippen LogP contribution >= 0.6 is 0 Å². The highest BCUT2D eigenvalue weighted by molar-refractivity contribution is 6.51.